The molecule has 0 spiro atoms. The van der Waals surface area contributed by atoms with Crippen molar-refractivity contribution >= 4 is 43.9 Å². The molecule has 2 heterocycles. The third kappa shape index (κ3) is 2.81. The Labute approximate surface area is 130 Å². The molecule has 0 aliphatic heterocycles. The van der Waals surface area contributed by atoms with Crippen molar-refractivity contribution in [3.8, 4) is 0 Å². The predicted octanol–water partition coefficient (Wildman–Crippen LogP) is 2.60. The predicted molar refractivity (Wildman–Crippen MR) is 83.1 cm³/mol. The standard InChI is InChI=1S/C12H14N2O4S3/c1-4-8-5-6-9(19-8)21(17,18)14(3)11-10(12(15)16)7(2)13-20-11/h5-6H,4H2,1-3H3,(H,15,16). The number of carboxylic acids is 1. The summed E-state index contributed by atoms with van der Waals surface area (Å²) in [5.41, 5.74) is 0.239. The average Bonchev–Trinajstić information content (AvgIpc) is 3.03. The van der Waals surface area contributed by atoms with E-state index in [4.69, 9.17) is 0 Å². The second kappa shape index (κ2) is 5.74. The number of hydrogen-bond donors (Lipinski definition) is 1. The van der Waals surface area contributed by atoms with Gasteiger partial charge in [-0.25, -0.2) is 13.2 Å². The number of carbonyl (C=O) groups is 1. The first-order chi connectivity index (χ1) is 9.78. The number of carboxylic acid groups (broad SMARTS) is 1. The van der Waals surface area contributed by atoms with Crippen LogP contribution in [0.4, 0.5) is 5.00 Å². The molecule has 9 heteroatoms. The molecule has 0 aliphatic rings. The van der Waals surface area contributed by atoms with Crippen LogP contribution in [0.5, 0.6) is 0 Å². The molecule has 0 aromatic carbocycles. The van der Waals surface area contributed by atoms with Gasteiger partial charge < -0.3 is 5.11 Å². The number of thiophene rings is 1. The molecule has 1 N–H and O–H groups in total. The monoisotopic (exact) mass is 346 g/mol. The van der Waals surface area contributed by atoms with Crippen molar-refractivity contribution in [3.05, 3.63) is 28.3 Å². The van der Waals surface area contributed by atoms with Crippen LogP contribution in [-0.4, -0.2) is 30.9 Å². The molecule has 0 amide bonds. The van der Waals surface area contributed by atoms with Gasteiger partial charge in [-0.1, -0.05) is 6.92 Å². The number of aromatic nitrogens is 1. The second-order valence-electron chi connectivity index (χ2n) is 4.30. The minimum absolute atomic E-state index is 0.0710. The molecule has 21 heavy (non-hydrogen) atoms. The number of rotatable bonds is 5. The SMILES string of the molecule is CCc1ccc(S(=O)(=O)N(C)c2snc(C)c2C(=O)O)s1. The normalized spacial score (nSPS) is 11.6. The van der Waals surface area contributed by atoms with E-state index in [2.05, 4.69) is 4.37 Å². The van der Waals surface area contributed by atoms with Crippen LogP contribution in [0.2, 0.25) is 0 Å². The maximum Gasteiger partial charge on any atom is 0.340 e. The van der Waals surface area contributed by atoms with Crippen LogP contribution in [0.15, 0.2) is 16.3 Å². The van der Waals surface area contributed by atoms with Gasteiger partial charge in [-0.3, -0.25) is 4.31 Å². The van der Waals surface area contributed by atoms with Crippen molar-refractivity contribution in [1.29, 1.82) is 0 Å². The number of aromatic carboxylic acids is 1. The molecule has 2 rings (SSSR count). The summed E-state index contributed by atoms with van der Waals surface area (Å²) in [6.45, 7) is 3.49. The Morgan fingerprint density at radius 2 is 2.10 bits per heavy atom. The van der Waals surface area contributed by atoms with Crippen LogP contribution in [0.3, 0.4) is 0 Å². The van der Waals surface area contributed by atoms with Crippen molar-refractivity contribution in [3.63, 3.8) is 0 Å². The number of aryl methyl sites for hydroxylation is 2. The maximum atomic E-state index is 12.6. The van der Waals surface area contributed by atoms with Gasteiger partial charge >= 0.3 is 5.97 Å². The van der Waals surface area contributed by atoms with E-state index in [1.807, 2.05) is 6.92 Å². The van der Waals surface area contributed by atoms with Crippen molar-refractivity contribution in [1.82, 2.24) is 4.37 Å². The fraction of sp³-hybridized carbons (Fsp3) is 0.333. The third-order valence-corrected chi connectivity index (χ3v) is 7.53. The maximum absolute atomic E-state index is 12.6. The van der Waals surface area contributed by atoms with Crippen LogP contribution < -0.4 is 4.31 Å². The highest BCUT2D eigenvalue weighted by molar-refractivity contribution is 7.95. The van der Waals surface area contributed by atoms with E-state index >= 15 is 0 Å². The molecule has 0 radical (unpaired) electrons. The van der Waals surface area contributed by atoms with Gasteiger partial charge in [-0.15, -0.1) is 11.3 Å². The van der Waals surface area contributed by atoms with Crippen molar-refractivity contribution in [2.75, 3.05) is 11.4 Å². The fourth-order valence-corrected chi connectivity index (χ4v) is 5.47. The first-order valence-corrected chi connectivity index (χ1v) is 9.09. The zero-order valence-electron chi connectivity index (χ0n) is 11.7. The largest absolute Gasteiger partial charge is 0.478 e. The molecular formula is C12H14N2O4S3. The minimum Gasteiger partial charge on any atom is -0.478 e. The first-order valence-electron chi connectivity index (χ1n) is 6.06. The highest BCUT2D eigenvalue weighted by Gasteiger charge is 2.29. The highest BCUT2D eigenvalue weighted by atomic mass is 32.2. The van der Waals surface area contributed by atoms with Crippen LogP contribution in [0.1, 0.15) is 27.9 Å². The lowest BCUT2D eigenvalue weighted by molar-refractivity contribution is 0.0697. The van der Waals surface area contributed by atoms with Gasteiger partial charge in [0.1, 0.15) is 14.8 Å². The summed E-state index contributed by atoms with van der Waals surface area (Å²) in [4.78, 5) is 12.2. The van der Waals surface area contributed by atoms with Crippen molar-refractivity contribution < 1.29 is 18.3 Å². The smallest absolute Gasteiger partial charge is 0.340 e. The van der Waals surface area contributed by atoms with Gasteiger partial charge in [0.05, 0.1) is 5.69 Å². The second-order valence-corrected chi connectivity index (χ2v) is 8.42. The number of sulfonamides is 1. The summed E-state index contributed by atoms with van der Waals surface area (Å²) in [5, 5.41) is 9.33. The number of anilines is 1. The summed E-state index contributed by atoms with van der Waals surface area (Å²) in [6.07, 6.45) is 0.754. The average molecular weight is 346 g/mol. The molecule has 0 saturated heterocycles. The molecule has 0 bridgehead atoms. The lowest BCUT2D eigenvalue weighted by Gasteiger charge is -2.16. The van der Waals surface area contributed by atoms with E-state index in [0.717, 1.165) is 27.1 Å². The first kappa shape index (κ1) is 15.9. The lowest BCUT2D eigenvalue weighted by atomic mass is 10.2. The van der Waals surface area contributed by atoms with E-state index in [-0.39, 0.29) is 14.8 Å². The summed E-state index contributed by atoms with van der Waals surface area (Å²) in [6, 6.07) is 3.31. The van der Waals surface area contributed by atoms with Gasteiger partial charge in [-0.05, 0) is 37.0 Å². The van der Waals surface area contributed by atoms with Gasteiger partial charge in [0.15, 0.2) is 0 Å². The number of nitrogens with zero attached hydrogens (tertiary/aromatic N) is 2. The molecule has 0 saturated carbocycles. The van der Waals surface area contributed by atoms with E-state index in [1.54, 1.807) is 19.1 Å². The lowest BCUT2D eigenvalue weighted by Crippen LogP contribution is -2.26. The molecule has 0 atom stereocenters. The van der Waals surface area contributed by atoms with E-state index < -0.39 is 16.0 Å². The van der Waals surface area contributed by atoms with Crippen molar-refractivity contribution in [2.24, 2.45) is 0 Å². The van der Waals surface area contributed by atoms with Gasteiger partial charge in [0.2, 0.25) is 0 Å². The summed E-state index contributed by atoms with van der Waals surface area (Å²) >= 11 is 2.06. The Bertz CT molecular complexity index is 776. The van der Waals surface area contributed by atoms with Gasteiger partial charge in [-0.2, -0.15) is 4.37 Å². The van der Waals surface area contributed by atoms with Crippen molar-refractivity contribution in [2.45, 2.75) is 24.5 Å². The Hall–Kier alpha value is -1.45. The Morgan fingerprint density at radius 1 is 1.43 bits per heavy atom. The zero-order valence-corrected chi connectivity index (χ0v) is 14.1. The molecule has 114 valence electrons. The summed E-state index contributed by atoms with van der Waals surface area (Å²) in [7, 11) is -2.42. The molecule has 2 aromatic heterocycles. The van der Waals surface area contributed by atoms with Gasteiger partial charge in [0, 0.05) is 11.9 Å². The minimum atomic E-state index is -3.77. The summed E-state index contributed by atoms with van der Waals surface area (Å²) < 4.78 is 30.3. The zero-order chi connectivity index (χ0) is 15.8. The van der Waals surface area contributed by atoms with Crippen LogP contribution in [-0.2, 0) is 16.4 Å². The Kier molecular flexibility index (Phi) is 4.35. The molecule has 6 nitrogen and oxygen atoms in total. The van der Waals surface area contributed by atoms with Crippen LogP contribution in [0.25, 0.3) is 0 Å². The molecule has 0 aliphatic carbocycles. The molecule has 2 aromatic rings. The third-order valence-electron chi connectivity index (χ3n) is 2.94. The quantitative estimate of drug-likeness (QED) is 0.899. The highest BCUT2D eigenvalue weighted by Crippen LogP contribution is 2.33. The Balaban J connectivity index is 2.48. The molecular weight excluding hydrogens is 332 g/mol. The Morgan fingerprint density at radius 3 is 2.62 bits per heavy atom. The molecule has 0 fully saturated rings. The van der Waals surface area contributed by atoms with E-state index in [1.165, 1.54) is 18.4 Å². The van der Waals surface area contributed by atoms with Crippen LogP contribution in [0, 0.1) is 6.92 Å². The van der Waals surface area contributed by atoms with Crippen LogP contribution >= 0.6 is 22.9 Å². The summed E-state index contributed by atoms with van der Waals surface area (Å²) in [5.74, 6) is -1.18. The van der Waals surface area contributed by atoms with E-state index in [9.17, 15) is 18.3 Å². The topological polar surface area (TPSA) is 87.6 Å². The van der Waals surface area contributed by atoms with E-state index in [0.29, 0.717) is 5.69 Å². The fourth-order valence-electron chi connectivity index (χ4n) is 1.75. The number of hydrogen-bond acceptors (Lipinski definition) is 6. The van der Waals surface area contributed by atoms with Gasteiger partial charge in [0.25, 0.3) is 10.0 Å². The molecule has 0 unspecified atom stereocenters.